The first-order valence-electron chi connectivity index (χ1n) is 6.06. The Hall–Kier alpha value is -1.54. The van der Waals surface area contributed by atoms with Crippen LogP contribution in [0.1, 0.15) is 25.3 Å². The van der Waals surface area contributed by atoms with Crippen molar-refractivity contribution in [2.45, 2.75) is 19.8 Å². The predicted molar refractivity (Wildman–Crippen MR) is 74.1 cm³/mol. The molecule has 1 aromatic carbocycles. The van der Waals surface area contributed by atoms with Crippen molar-refractivity contribution in [3.05, 3.63) is 48.6 Å². The lowest BCUT2D eigenvalue weighted by Gasteiger charge is -2.07. The standard InChI is InChI=1S/C15H21NO/c1-3-4-11-17-15-9-5-8-14(12-15)13(2)7-6-10-16/h5-9,12H,2-4,10-11,16H2,1H3/b7-6+. The topological polar surface area (TPSA) is 35.2 Å². The van der Waals surface area contributed by atoms with Crippen molar-refractivity contribution in [3.8, 4) is 5.75 Å². The van der Waals surface area contributed by atoms with Crippen LogP contribution < -0.4 is 10.5 Å². The molecule has 0 saturated heterocycles. The van der Waals surface area contributed by atoms with Gasteiger partial charge in [-0.3, -0.25) is 0 Å². The Morgan fingerprint density at radius 2 is 2.29 bits per heavy atom. The number of rotatable bonds is 7. The number of nitrogens with two attached hydrogens (primary N) is 1. The maximum absolute atomic E-state index is 5.65. The third-order valence-electron chi connectivity index (χ3n) is 2.43. The molecule has 0 saturated carbocycles. The minimum absolute atomic E-state index is 0.533. The molecule has 0 aliphatic heterocycles. The van der Waals surface area contributed by atoms with Gasteiger partial charge in [0.05, 0.1) is 6.61 Å². The lowest BCUT2D eigenvalue weighted by atomic mass is 10.1. The summed E-state index contributed by atoms with van der Waals surface area (Å²) in [5, 5.41) is 0. The summed E-state index contributed by atoms with van der Waals surface area (Å²) in [7, 11) is 0. The Morgan fingerprint density at radius 3 is 3.00 bits per heavy atom. The number of unbranched alkanes of at least 4 members (excludes halogenated alkanes) is 1. The number of ether oxygens (including phenoxy) is 1. The van der Waals surface area contributed by atoms with Crippen molar-refractivity contribution < 1.29 is 4.74 Å². The maximum Gasteiger partial charge on any atom is 0.119 e. The average Bonchev–Trinajstić information content (AvgIpc) is 2.36. The summed E-state index contributed by atoms with van der Waals surface area (Å²) in [5.74, 6) is 0.901. The Balaban J connectivity index is 2.65. The van der Waals surface area contributed by atoms with Gasteiger partial charge in [0.25, 0.3) is 0 Å². The molecular formula is C15H21NO. The molecule has 0 atom stereocenters. The Labute approximate surface area is 104 Å². The fraction of sp³-hybridized carbons (Fsp3) is 0.333. The van der Waals surface area contributed by atoms with Gasteiger partial charge in [-0.2, -0.15) is 0 Å². The average molecular weight is 231 g/mol. The normalized spacial score (nSPS) is 10.7. The zero-order valence-electron chi connectivity index (χ0n) is 10.5. The summed E-state index contributed by atoms with van der Waals surface area (Å²) < 4.78 is 5.65. The van der Waals surface area contributed by atoms with Gasteiger partial charge >= 0.3 is 0 Å². The second kappa shape index (κ2) is 7.69. The van der Waals surface area contributed by atoms with Crippen LogP contribution in [-0.4, -0.2) is 13.2 Å². The van der Waals surface area contributed by atoms with E-state index < -0.39 is 0 Å². The molecule has 0 aliphatic carbocycles. The Morgan fingerprint density at radius 1 is 1.47 bits per heavy atom. The zero-order chi connectivity index (χ0) is 12.5. The summed E-state index contributed by atoms with van der Waals surface area (Å²) in [4.78, 5) is 0. The van der Waals surface area contributed by atoms with Crippen LogP contribution in [0.15, 0.2) is 43.0 Å². The van der Waals surface area contributed by atoms with Gasteiger partial charge in [-0.1, -0.05) is 44.2 Å². The summed E-state index contributed by atoms with van der Waals surface area (Å²) >= 11 is 0. The molecule has 2 N–H and O–H groups in total. The molecule has 1 aromatic rings. The number of hydrogen-bond donors (Lipinski definition) is 1. The van der Waals surface area contributed by atoms with Crippen molar-refractivity contribution in [3.63, 3.8) is 0 Å². The summed E-state index contributed by atoms with van der Waals surface area (Å²) in [6, 6.07) is 7.99. The first-order valence-corrected chi connectivity index (χ1v) is 6.06. The molecule has 0 radical (unpaired) electrons. The molecule has 0 bridgehead atoms. The molecule has 2 heteroatoms. The summed E-state index contributed by atoms with van der Waals surface area (Å²) in [6.07, 6.45) is 6.06. The predicted octanol–water partition coefficient (Wildman–Crippen LogP) is 3.39. The van der Waals surface area contributed by atoms with Gasteiger partial charge in [0, 0.05) is 6.54 Å². The minimum Gasteiger partial charge on any atom is -0.494 e. The van der Waals surface area contributed by atoms with E-state index >= 15 is 0 Å². The number of benzene rings is 1. The molecule has 0 unspecified atom stereocenters. The van der Waals surface area contributed by atoms with Crippen LogP contribution in [0.2, 0.25) is 0 Å². The van der Waals surface area contributed by atoms with E-state index in [-0.39, 0.29) is 0 Å². The second-order valence-corrected chi connectivity index (χ2v) is 3.89. The largest absolute Gasteiger partial charge is 0.494 e. The highest BCUT2D eigenvalue weighted by Gasteiger charge is 1.98. The highest BCUT2D eigenvalue weighted by atomic mass is 16.5. The van der Waals surface area contributed by atoms with E-state index in [1.807, 2.05) is 36.4 Å². The number of allylic oxidation sites excluding steroid dienone is 2. The van der Waals surface area contributed by atoms with Crippen molar-refractivity contribution in [1.82, 2.24) is 0 Å². The fourth-order valence-electron chi connectivity index (χ4n) is 1.43. The summed E-state index contributed by atoms with van der Waals surface area (Å²) in [6.45, 7) is 7.46. The van der Waals surface area contributed by atoms with Crippen LogP contribution in [-0.2, 0) is 0 Å². The smallest absolute Gasteiger partial charge is 0.119 e. The third kappa shape index (κ3) is 4.87. The van der Waals surface area contributed by atoms with Crippen LogP contribution in [0.3, 0.4) is 0 Å². The van der Waals surface area contributed by atoms with Crippen LogP contribution in [0.25, 0.3) is 5.57 Å². The lowest BCUT2D eigenvalue weighted by molar-refractivity contribution is 0.309. The maximum atomic E-state index is 5.65. The first-order chi connectivity index (χ1) is 8.27. The monoisotopic (exact) mass is 231 g/mol. The molecule has 0 heterocycles. The van der Waals surface area contributed by atoms with E-state index in [1.54, 1.807) is 0 Å². The van der Waals surface area contributed by atoms with Gasteiger partial charge in [-0.15, -0.1) is 0 Å². The number of hydrogen-bond acceptors (Lipinski definition) is 2. The quantitative estimate of drug-likeness (QED) is 0.576. The first kappa shape index (κ1) is 13.5. The van der Waals surface area contributed by atoms with Gasteiger partial charge in [-0.25, -0.2) is 0 Å². The van der Waals surface area contributed by atoms with Crippen LogP contribution >= 0.6 is 0 Å². The van der Waals surface area contributed by atoms with Crippen molar-refractivity contribution in [1.29, 1.82) is 0 Å². The van der Waals surface area contributed by atoms with Crippen molar-refractivity contribution in [2.75, 3.05) is 13.2 Å². The summed E-state index contributed by atoms with van der Waals surface area (Å²) in [5.41, 5.74) is 7.44. The SMILES string of the molecule is C=C(/C=C/CN)c1cccc(OCCCC)c1. The van der Waals surface area contributed by atoms with Gasteiger partial charge in [0.1, 0.15) is 5.75 Å². The van der Waals surface area contributed by atoms with E-state index in [0.29, 0.717) is 6.54 Å². The van der Waals surface area contributed by atoms with E-state index in [4.69, 9.17) is 10.5 Å². The minimum atomic E-state index is 0.533. The third-order valence-corrected chi connectivity index (χ3v) is 2.43. The van der Waals surface area contributed by atoms with E-state index in [9.17, 15) is 0 Å². The molecule has 0 aliphatic rings. The highest BCUT2D eigenvalue weighted by Crippen LogP contribution is 2.20. The van der Waals surface area contributed by atoms with Gasteiger partial charge in [0.2, 0.25) is 0 Å². The van der Waals surface area contributed by atoms with Gasteiger partial charge in [0.15, 0.2) is 0 Å². The Kier molecular flexibility index (Phi) is 6.12. The zero-order valence-corrected chi connectivity index (χ0v) is 10.5. The lowest BCUT2D eigenvalue weighted by Crippen LogP contribution is -1.96. The van der Waals surface area contributed by atoms with Crippen LogP contribution in [0.5, 0.6) is 5.75 Å². The van der Waals surface area contributed by atoms with Crippen molar-refractivity contribution in [2.24, 2.45) is 5.73 Å². The molecule has 92 valence electrons. The molecule has 0 amide bonds. The highest BCUT2D eigenvalue weighted by molar-refractivity contribution is 5.72. The van der Waals surface area contributed by atoms with Gasteiger partial charge in [-0.05, 0) is 29.7 Å². The van der Waals surface area contributed by atoms with E-state index in [0.717, 1.165) is 36.3 Å². The molecule has 2 nitrogen and oxygen atoms in total. The fourth-order valence-corrected chi connectivity index (χ4v) is 1.43. The molecule has 0 fully saturated rings. The molecule has 0 aromatic heterocycles. The molecule has 17 heavy (non-hydrogen) atoms. The van der Waals surface area contributed by atoms with Crippen molar-refractivity contribution >= 4 is 5.57 Å². The second-order valence-electron chi connectivity index (χ2n) is 3.89. The van der Waals surface area contributed by atoms with Crippen LogP contribution in [0, 0.1) is 0 Å². The van der Waals surface area contributed by atoms with E-state index in [1.165, 1.54) is 0 Å². The van der Waals surface area contributed by atoms with Gasteiger partial charge < -0.3 is 10.5 Å². The van der Waals surface area contributed by atoms with E-state index in [2.05, 4.69) is 13.5 Å². The van der Waals surface area contributed by atoms with Crippen LogP contribution in [0.4, 0.5) is 0 Å². The molecular weight excluding hydrogens is 210 g/mol. The Bertz CT molecular complexity index is 382. The molecule has 0 spiro atoms. The molecule has 1 rings (SSSR count).